The number of amides is 1. The van der Waals surface area contributed by atoms with Gasteiger partial charge in [-0.25, -0.2) is 0 Å². The molecule has 1 rings (SSSR count). The molecule has 0 fully saturated rings. The largest absolute Gasteiger partial charge is 0.481 e. The highest BCUT2D eigenvalue weighted by Gasteiger charge is 2.28. The van der Waals surface area contributed by atoms with Crippen molar-refractivity contribution in [2.75, 3.05) is 0 Å². The molecule has 94 valence electrons. The lowest BCUT2D eigenvalue weighted by Crippen LogP contribution is -2.45. The Morgan fingerprint density at radius 2 is 2.18 bits per heavy atom. The Morgan fingerprint density at radius 3 is 2.59 bits per heavy atom. The van der Waals surface area contributed by atoms with Gasteiger partial charge in [0.25, 0.3) is 5.91 Å². The first-order chi connectivity index (χ1) is 7.80. The third kappa shape index (κ3) is 3.90. The van der Waals surface area contributed by atoms with Crippen LogP contribution in [0.2, 0.25) is 0 Å². The van der Waals surface area contributed by atoms with Gasteiger partial charge in [-0.1, -0.05) is 20.8 Å². The SMILES string of the molecule is CC(C)(C)C(CC(=O)O)NC(=O)c1cn[nH]c1. The third-order valence-electron chi connectivity index (χ3n) is 2.49. The Kier molecular flexibility index (Phi) is 3.88. The van der Waals surface area contributed by atoms with E-state index in [-0.39, 0.29) is 17.7 Å². The molecule has 1 amide bonds. The number of carboxylic acids is 1. The Balaban J connectivity index is 2.73. The number of nitrogens with one attached hydrogen (secondary N) is 2. The molecular weight excluding hydrogens is 222 g/mol. The van der Waals surface area contributed by atoms with Crippen LogP contribution in [-0.4, -0.2) is 33.2 Å². The van der Waals surface area contributed by atoms with Gasteiger partial charge in [0.1, 0.15) is 0 Å². The van der Waals surface area contributed by atoms with Crippen molar-refractivity contribution in [3.8, 4) is 0 Å². The second kappa shape index (κ2) is 4.99. The molecule has 6 heteroatoms. The Bertz CT molecular complexity index is 393. The number of rotatable bonds is 4. The van der Waals surface area contributed by atoms with Crippen LogP contribution in [0.5, 0.6) is 0 Å². The molecule has 6 nitrogen and oxygen atoms in total. The van der Waals surface area contributed by atoms with Crippen molar-refractivity contribution in [1.29, 1.82) is 0 Å². The van der Waals surface area contributed by atoms with Gasteiger partial charge >= 0.3 is 5.97 Å². The van der Waals surface area contributed by atoms with Crippen LogP contribution in [0.4, 0.5) is 0 Å². The molecular formula is C11H17N3O3. The lowest BCUT2D eigenvalue weighted by Gasteiger charge is -2.30. The van der Waals surface area contributed by atoms with E-state index in [9.17, 15) is 9.59 Å². The minimum atomic E-state index is -0.933. The zero-order valence-electron chi connectivity index (χ0n) is 10.2. The average molecular weight is 239 g/mol. The van der Waals surface area contributed by atoms with E-state index in [1.54, 1.807) is 0 Å². The summed E-state index contributed by atoms with van der Waals surface area (Å²) in [5.41, 5.74) is 0.0715. The standard InChI is InChI=1S/C11H17N3O3/c1-11(2,3)8(4-9(15)16)14-10(17)7-5-12-13-6-7/h5-6,8H,4H2,1-3H3,(H,12,13)(H,14,17)(H,15,16). The van der Waals surface area contributed by atoms with Gasteiger partial charge < -0.3 is 10.4 Å². The smallest absolute Gasteiger partial charge is 0.305 e. The molecule has 1 aromatic rings. The van der Waals surface area contributed by atoms with Crippen LogP contribution in [0.25, 0.3) is 0 Å². The Labute approximate surface area is 99.4 Å². The normalized spacial score (nSPS) is 13.1. The van der Waals surface area contributed by atoms with Crippen LogP contribution in [0.15, 0.2) is 12.4 Å². The first-order valence-electron chi connectivity index (χ1n) is 5.32. The van der Waals surface area contributed by atoms with Gasteiger partial charge in [0, 0.05) is 12.2 Å². The highest BCUT2D eigenvalue weighted by Crippen LogP contribution is 2.22. The molecule has 0 radical (unpaired) electrons. The summed E-state index contributed by atoms with van der Waals surface area (Å²) in [6.07, 6.45) is 2.76. The molecule has 0 spiro atoms. The Hall–Kier alpha value is -1.85. The second-order valence-electron chi connectivity index (χ2n) is 4.98. The van der Waals surface area contributed by atoms with E-state index in [4.69, 9.17) is 5.11 Å². The molecule has 0 saturated heterocycles. The summed E-state index contributed by atoms with van der Waals surface area (Å²) in [6, 6.07) is -0.428. The van der Waals surface area contributed by atoms with Gasteiger partial charge in [0.2, 0.25) is 0 Å². The van der Waals surface area contributed by atoms with Crippen LogP contribution in [-0.2, 0) is 4.79 Å². The molecule has 0 aliphatic rings. The maximum absolute atomic E-state index is 11.8. The fraction of sp³-hybridized carbons (Fsp3) is 0.545. The number of hydrogen-bond donors (Lipinski definition) is 3. The molecule has 1 heterocycles. The number of hydrogen-bond acceptors (Lipinski definition) is 3. The number of carboxylic acid groups (broad SMARTS) is 1. The summed E-state index contributed by atoms with van der Waals surface area (Å²) >= 11 is 0. The first kappa shape index (κ1) is 13.2. The molecule has 0 saturated carbocycles. The van der Waals surface area contributed by atoms with Crippen LogP contribution in [0.1, 0.15) is 37.6 Å². The molecule has 0 aliphatic carbocycles. The second-order valence-corrected chi connectivity index (χ2v) is 4.98. The summed E-state index contributed by atoms with van der Waals surface area (Å²) in [5.74, 6) is -1.25. The highest BCUT2D eigenvalue weighted by atomic mass is 16.4. The quantitative estimate of drug-likeness (QED) is 0.731. The van der Waals surface area contributed by atoms with E-state index in [1.165, 1.54) is 12.4 Å². The number of nitrogens with zero attached hydrogens (tertiary/aromatic N) is 1. The molecule has 0 aliphatic heterocycles. The van der Waals surface area contributed by atoms with Gasteiger partial charge in [-0.05, 0) is 5.41 Å². The Morgan fingerprint density at radius 1 is 1.53 bits per heavy atom. The zero-order valence-corrected chi connectivity index (χ0v) is 10.2. The van der Waals surface area contributed by atoms with Crippen molar-refractivity contribution in [3.05, 3.63) is 18.0 Å². The third-order valence-corrected chi connectivity index (χ3v) is 2.49. The van der Waals surface area contributed by atoms with E-state index in [2.05, 4.69) is 15.5 Å². The molecule has 0 bridgehead atoms. The van der Waals surface area contributed by atoms with Crippen molar-refractivity contribution in [1.82, 2.24) is 15.5 Å². The maximum Gasteiger partial charge on any atom is 0.305 e. The van der Waals surface area contributed by atoms with Crippen LogP contribution in [0.3, 0.4) is 0 Å². The number of aliphatic carboxylic acids is 1. The molecule has 1 unspecified atom stereocenters. The van der Waals surface area contributed by atoms with Crippen molar-refractivity contribution in [3.63, 3.8) is 0 Å². The summed E-state index contributed by atoms with van der Waals surface area (Å²) in [6.45, 7) is 5.66. The first-order valence-corrected chi connectivity index (χ1v) is 5.32. The fourth-order valence-electron chi connectivity index (χ4n) is 1.36. The molecule has 17 heavy (non-hydrogen) atoms. The summed E-state index contributed by atoms with van der Waals surface area (Å²) in [5, 5.41) is 17.7. The summed E-state index contributed by atoms with van der Waals surface area (Å²) in [4.78, 5) is 22.5. The van der Waals surface area contributed by atoms with E-state index in [0.717, 1.165) is 0 Å². The molecule has 1 aromatic heterocycles. The lowest BCUT2D eigenvalue weighted by atomic mass is 9.84. The maximum atomic E-state index is 11.8. The molecule has 1 atom stereocenters. The topological polar surface area (TPSA) is 95.1 Å². The molecule has 3 N–H and O–H groups in total. The van der Waals surface area contributed by atoms with Gasteiger partial charge in [0.05, 0.1) is 18.2 Å². The number of aromatic amines is 1. The number of H-pyrrole nitrogens is 1. The number of carbonyl (C=O) groups excluding carboxylic acids is 1. The lowest BCUT2D eigenvalue weighted by molar-refractivity contribution is -0.138. The van der Waals surface area contributed by atoms with Gasteiger partial charge in [0.15, 0.2) is 0 Å². The molecule has 0 aromatic carbocycles. The number of aromatic nitrogens is 2. The highest BCUT2D eigenvalue weighted by molar-refractivity contribution is 5.94. The predicted molar refractivity (Wildman–Crippen MR) is 61.5 cm³/mol. The summed E-state index contributed by atoms with van der Waals surface area (Å²) in [7, 11) is 0. The fourth-order valence-corrected chi connectivity index (χ4v) is 1.36. The van der Waals surface area contributed by atoms with Crippen molar-refractivity contribution in [2.45, 2.75) is 33.2 Å². The van der Waals surface area contributed by atoms with E-state index >= 15 is 0 Å². The number of carbonyl (C=O) groups is 2. The minimum absolute atomic E-state index is 0.104. The van der Waals surface area contributed by atoms with Gasteiger partial charge in [-0.3, -0.25) is 14.7 Å². The minimum Gasteiger partial charge on any atom is -0.481 e. The van der Waals surface area contributed by atoms with Crippen LogP contribution < -0.4 is 5.32 Å². The van der Waals surface area contributed by atoms with Crippen molar-refractivity contribution in [2.24, 2.45) is 5.41 Å². The van der Waals surface area contributed by atoms with E-state index < -0.39 is 12.0 Å². The van der Waals surface area contributed by atoms with Crippen LogP contribution in [0, 0.1) is 5.41 Å². The van der Waals surface area contributed by atoms with Crippen molar-refractivity contribution < 1.29 is 14.7 Å². The average Bonchev–Trinajstić information content (AvgIpc) is 2.66. The summed E-state index contributed by atoms with van der Waals surface area (Å²) < 4.78 is 0. The van der Waals surface area contributed by atoms with E-state index in [1.807, 2.05) is 20.8 Å². The monoisotopic (exact) mass is 239 g/mol. The van der Waals surface area contributed by atoms with Gasteiger partial charge in [-0.2, -0.15) is 5.10 Å². The predicted octanol–water partition coefficient (Wildman–Crippen LogP) is 1.03. The van der Waals surface area contributed by atoms with Crippen LogP contribution >= 0.6 is 0 Å². The zero-order chi connectivity index (χ0) is 13.1. The van der Waals surface area contributed by atoms with Crippen molar-refractivity contribution >= 4 is 11.9 Å². The van der Waals surface area contributed by atoms with E-state index in [0.29, 0.717) is 5.56 Å². The van der Waals surface area contributed by atoms with Gasteiger partial charge in [-0.15, -0.1) is 0 Å².